The molecule has 1 heterocycles. The number of pyridine rings is 1. The van der Waals surface area contributed by atoms with Crippen molar-refractivity contribution in [2.45, 2.75) is 11.8 Å². The highest BCUT2D eigenvalue weighted by molar-refractivity contribution is 7.92. The van der Waals surface area contributed by atoms with Crippen molar-refractivity contribution in [3.8, 4) is 17.2 Å². The molecule has 0 amide bonds. The van der Waals surface area contributed by atoms with Crippen LogP contribution in [-0.2, 0) is 10.0 Å². The first-order valence-electron chi connectivity index (χ1n) is 6.91. The lowest BCUT2D eigenvalue weighted by atomic mass is 10.0. The molecule has 24 heavy (non-hydrogen) atoms. The van der Waals surface area contributed by atoms with Crippen LogP contribution in [0.3, 0.4) is 0 Å². The molecule has 0 aliphatic rings. The van der Waals surface area contributed by atoms with Gasteiger partial charge in [-0.1, -0.05) is 6.07 Å². The molecule has 0 aliphatic heterocycles. The molecular formula is C16H14N2O5S. The van der Waals surface area contributed by atoms with Gasteiger partial charge >= 0.3 is 0 Å². The summed E-state index contributed by atoms with van der Waals surface area (Å²) in [6, 6.07) is 8.07. The van der Waals surface area contributed by atoms with Crippen molar-refractivity contribution >= 4 is 26.6 Å². The topological polar surface area (TPSA) is 120 Å². The largest absolute Gasteiger partial charge is 0.508 e. The fourth-order valence-corrected chi connectivity index (χ4v) is 3.39. The fraction of sp³-hybridized carbons (Fsp3) is 0.0625. The van der Waals surface area contributed by atoms with Gasteiger partial charge in [-0.2, -0.15) is 0 Å². The molecule has 0 unspecified atom stereocenters. The Hall–Kier alpha value is -3.00. The van der Waals surface area contributed by atoms with Crippen LogP contribution < -0.4 is 4.72 Å². The van der Waals surface area contributed by atoms with Crippen LogP contribution >= 0.6 is 0 Å². The third-order valence-corrected chi connectivity index (χ3v) is 4.99. The number of benzene rings is 2. The van der Waals surface area contributed by atoms with Gasteiger partial charge in [0.25, 0.3) is 10.0 Å². The number of aromatic nitrogens is 1. The number of aromatic hydroxyl groups is 3. The minimum absolute atomic E-state index is 0.0767. The van der Waals surface area contributed by atoms with Gasteiger partial charge in [0.1, 0.15) is 11.5 Å². The zero-order valence-electron chi connectivity index (χ0n) is 12.6. The quantitative estimate of drug-likeness (QED) is 0.578. The number of nitrogens with zero attached hydrogens (tertiary/aromatic N) is 1. The number of phenolic OH excluding ortho intramolecular Hbond substituents is 2. The monoisotopic (exact) mass is 346 g/mol. The number of sulfonamides is 1. The Morgan fingerprint density at radius 2 is 1.71 bits per heavy atom. The van der Waals surface area contributed by atoms with E-state index in [2.05, 4.69) is 9.71 Å². The molecule has 2 aromatic carbocycles. The van der Waals surface area contributed by atoms with E-state index in [1.165, 1.54) is 36.5 Å². The lowest BCUT2D eigenvalue weighted by Crippen LogP contribution is -2.14. The molecule has 8 heteroatoms. The Labute approximate surface area is 137 Å². The van der Waals surface area contributed by atoms with E-state index in [0.717, 1.165) is 6.07 Å². The summed E-state index contributed by atoms with van der Waals surface area (Å²) in [5.74, 6) is -0.799. The van der Waals surface area contributed by atoms with E-state index in [9.17, 15) is 23.7 Å². The second kappa shape index (κ2) is 5.57. The fourth-order valence-electron chi connectivity index (χ4n) is 2.34. The number of anilines is 1. The Morgan fingerprint density at radius 1 is 0.958 bits per heavy atom. The standard InChI is InChI=1S/C16H14N2O5S/c1-9-11-5-4-10(7-12(11)15(21)8-14(9)20)24(22,23)18-16-13(19)3-2-6-17-16/h2-8,19-21H,1H3,(H,17,18). The third-order valence-electron chi connectivity index (χ3n) is 3.66. The predicted octanol–water partition coefficient (Wildman–Crippen LogP) is 2.46. The summed E-state index contributed by atoms with van der Waals surface area (Å²) >= 11 is 0. The van der Waals surface area contributed by atoms with Crippen molar-refractivity contribution in [3.05, 3.63) is 48.2 Å². The number of hydrogen-bond donors (Lipinski definition) is 4. The number of rotatable bonds is 3. The van der Waals surface area contributed by atoms with Crippen LogP contribution in [0.1, 0.15) is 5.56 Å². The van der Waals surface area contributed by atoms with Crippen molar-refractivity contribution in [2.24, 2.45) is 0 Å². The maximum absolute atomic E-state index is 12.5. The van der Waals surface area contributed by atoms with E-state index in [4.69, 9.17) is 0 Å². The smallest absolute Gasteiger partial charge is 0.263 e. The van der Waals surface area contributed by atoms with Gasteiger partial charge in [0, 0.05) is 17.6 Å². The highest BCUT2D eigenvalue weighted by Gasteiger charge is 2.19. The molecule has 4 N–H and O–H groups in total. The normalized spacial score (nSPS) is 11.5. The van der Waals surface area contributed by atoms with Crippen molar-refractivity contribution in [1.29, 1.82) is 0 Å². The van der Waals surface area contributed by atoms with Gasteiger partial charge in [0.15, 0.2) is 11.6 Å². The molecule has 3 rings (SSSR count). The van der Waals surface area contributed by atoms with Gasteiger partial charge in [0.05, 0.1) is 4.90 Å². The molecule has 7 nitrogen and oxygen atoms in total. The van der Waals surface area contributed by atoms with E-state index < -0.39 is 10.0 Å². The Bertz CT molecular complexity index is 1050. The zero-order valence-corrected chi connectivity index (χ0v) is 13.4. The molecule has 1 aromatic heterocycles. The van der Waals surface area contributed by atoms with Gasteiger partial charge in [-0.25, -0.2) is 13.4 Å². The molecule has 0 aliphatic carbocycles. The molecule has 0 saturated heterocycles. The molecule has 124 valence electrons. The molecule has 3 aromatic rings. The van der Waals surface area contributed by atoms with E-state index in [1.807, 2.05) is 0 Å². The van der Waals surface area contributed by atoms with Crippen molar-refractivity contribution < 1.29 is 23.7 Å². The van der Waals surface area contributed by atoms with Crippen LogP contribution in [0, 0.1) is 6.92 Å². The minimum atomic E-state index is -4.01. The summed E-state index contributed by atoms with van der Waals surface area (Å²) in [6.45, 7) is 1.66. The lowest BCUT2D eigenvalue weighted by Gasteiger charge is -2.11. The Balaban J connectivity index is 2.10. The Kier molecular flexibility index (Phi) is 3.69. The summed E-state index contributed by atoms with van der Waals surface area (Å²) in [7, 11) is -4.01. The predicted molar refractivity (Wildman–Crippen MR) is 88.7 cm³/mol. The van der Waals surface area contributed by atoms with Crippen molar-refractivity contribution in [3.63, 3.8) is 0 Å². The highest BCUT2D eigenvalue weighted by atomic mass is 32.2. The van der Waals surface area contributed by atoms with Gasteiger partial charge in [-0.15, -0.1) is 0 Å². The van der Waals surface area contributed by atoms with Crippen LogP contribution in [0.25, 0.3) is 10.8 Å². The van der Waals surface area contributed by atoms with Gasteiger partial charge in [0.2, 0.25) is 0 Å². The minimum Gasteiger partial charge on any atom is -0.508 e. The van der Waals surface area contributed by atoms with E-state index in [-0.39, 0.29) is 28.0 Å². The number of aryl methyl sites for hydroxylation is 1. The van der Waals surface area contributed by atoms with Gasteiger partial charge in [-0.3, -0.25) is 4.72 Å². The average Bonchev–Trinajstić information content (AvgIpc) is 2.54. The third kappa shape index (κ3) is 2.67. The number of phenols is 2. The van der Waals surface area contributed by atoms with Crippen molar-refractivity contribution in [2.75, 3.05) is 4.72 Å². The molecule has 0 fully saturated rings. The SMILES string of the molecule is Cc1c(O)cc(O)c2cc(S(=O)(=O)Nc3ncccc3O)ccc12. The van der Waals surface area contributed by atoms with E-state index in [0.29, 0.717) is 16.3 Å². The van der Waals surface area contributed by atoms with Crippen LogP contribution in [0.4, 0.5) is 5.82 Å². The zero-order chi connectivity index (χ0) is 17.5. The summed E-state index contributed by atoms with van der Waals surface area (Å²) in [5, 5.41) is 30.2. The summed E-state index contributed by atoms with van der Waals surface area (Å²) in [6.07, 6.45) is 1.34. The van der Waals surface area contributed by atoms with Crippen LogP contribution in [0.15, 0.2) is 47.5 Å². The first kappa shape index (κ1) is 15.9. The molecular weight excluding hydrogens is 332 g/mol. The molecule has 0 saturated carbocycles. The maximum atomic E-state index is 12.5. The summed E-state index contributed by atoms with van der Waals surface area (Å²) < 4.78 is 27.1. The van der Waals surface area contributed by atoms with Gasteiger partial charge < -0.3 is 15.3 Å². The molecule has 0 bridgehead atoms. The lowest BCUT2D eigenvalue weighted by molar-refractivity contribution is 0.452. The first-order valence-corrected chi connectivity index (χ1v) is 8.40. The van der Waals surface area contributed by atoms with E-state index in [1.54, 1.807) is 6.92 Å². The summed E-state index contributed by atoms with van der Waals surface area (Å²) in [5.41, 5.74) is 0.530. The second-order valence-corrected chi connectivity index (χ2v) is 6.91. The number of nitrogens with one attached hydrogen (secondary N) is 1. The number of fused-ring (bicyclic) bond motifs is 1. The summed E-state index contributed by atoms with van der Waals surface area (Å²) in [4.78, 5) is 3.66. The Morgan fingerprint density at radius 3 is 2.42 bits per heavy atom. The number of hydrogen-bond acceptors (Lipinski definition) is 6. The molecule has 0 atom stereocenters. The molecule has 0 radical (unpaired) electrons. The molecule has 0 spiro atoms. The van der Waals surface area contributed by atoms with Crippen molar-refractivity contribution in [1.82, 2.24) is 4.98 Å². The van der Waals surface area contributed by atoms with E-state index >= 15 is 0 Å². The van der Waals surface area contributed by atoms with Crippen LogP contribution in [-0.4, -0.2) is 28.7 Å². The second-order valence-electron chi connectivity index (χ2n) is 5.22. The van der Waals surface area contributed by atoms with Gasteiger partial charge in [-0.05, 0) is 42.1 Å². The van der Waals surface area contributed by atoms with Crippen LogP contribution in [0.5, 0.6) is 17.2 Å². The maximum Gasteiger partial charge on any atom is 0.263 e. The first-order chi connectivity index (χ1) is 11.3. The highest BCUT2D eigenvalue weighted by Crippen LogP contribution is 2.35. The van der Waals surface area contributed by atoms with Crippen LogP contribution in [0.2, 0.25) is 0 Å². The average molecular weight is 346 g/mol.